The molecule has 134 valence electrons. The molecule has 1 aromatic carbocycles. The monoisotopic (exact) mass is 330 g/mol. The van der Waals surface area contributed by atoms with Crippen LogP contribution in [0, 0.1) is 0 Å². The van der Waals surface area contributed by atoms with Crippen molar-refractivity contribution >= 4 is 5.69 Å². The van der Waals surface area contributed by atoms with E-state index < -0.39 is 0 Å². The highest BCUT2D eigenvalue weighted by Gasteiger charge is 2.13. The second-order valence-electron chi connectivity index (χ2n) is 6.75. The maximum Gasteiger partial charge on any atom is 0.119 e. The van der Waals surface area contributed by atoms with Gasteiger partial charge in [-0.1, -0.05) is 58.3 Å². The van der Waals surface area contributed by atoms with E-state index in [0.717, 1.165) is 12.4 Å². The SMILES string of the molecule is CCCCCCCCCCCN1C=CN(c2ccc(OC)cc2)C1. The number of benzene rings is 1. The summed E-state index contributed by atoms with van der Waals surface area (Å²) in [6, 6.07) is 8.27. The highest BCUT2D eigenvalue weighted by atomic mass is 16.5. The minimum absolute atomic E-state index is 0.911. The van der Waals surface area contributed by atoms with Crippen molar-refractivity contribution in [2.75, 3.05) is 25.2 Å². The number of nitrogens with zero attached hydrogens (tertiary/aromatic N) is 2. The fraction of sp³-hybridized carbons (Fsp3) is 0.619. The van der Waals surface area contributed by atoms with E-state index in [1.807, 2.05) is 12.1 Å². The largest absolute Gasteiger partial charge is 0.497 e. The lowest BCUT2D eigenvalue weighted by molar-refractivity contribution is 0.387. The topological polar surface area (TPSA) is 15.7 Å². The Morgan fingerprint density at radius 3 is 2.08 bits per heavy atom. The quantitative estimate of drug-likeness (QED) is 0.452. The van der Waals surface area contributed by atoms with Crippen LogP contribution in [-0.2, 0) is 0 Å². The van der Waals surface area contributed by atoms with Gasteiger partial charge in [-0.2, -0.15) is 0 Å². The van der Waals surface area contributed by atoms with Gasteiger partial charge in [0.2, 0.25) is 0 Å². The Kier molecular flexibility index (Phi) is 8.58. The van der Waals surface area contributed by atoms with Crippen LogP contribution in [-0.4, -0.2) is 25.2 Å². The minimum atomic E-state index is 0.911. The number of anilines is 1. The average Bonchev–Trinajstić information content (AvgIpc) is 3.09. The Labute approximate surface area is 148 Å². The number of unbranched alkanes of at least 4 members (excludes halogenated alkanes) is 8. The molecule has 0 amide bonds. The molecule has 0 spiro atoms. The molecule has 0 saturated carbocycles. The number of hydrogen-bond acceptors (Lipinski definition) is 3. The molecule has 0 unspecified atom stereocenters. The number of ether oxygens (including phenoxy) is 1. The van der Waals surface area contributed by atoms with Gasteiger partial charge in [-0.15, -0.1) is 0 Å². The third-order valence-corrected chi connectivity index (χ3v) is 4.74. The van der Waals surface area contributed by atoms with Gasteiger partial charge in [0.05, 0.1) is 13.8 Å². The third kappa shape index (κ3) is 6.46. The van der Waals surface area contributed by atoms with Gasteiger partial charge in [0.1, 0.15) is 5.75 Å². The van der Waals surface area contributed by atoms with Crippen molar-refractivity contribution < 1.29 is 4.74 Å². The maximum atomic E-state index is 5.22. The summed E-state index contributed by atoms with van der Waals surface area (Å²) < 4.78 is 5.22. The molecule has 0 radical (unpaired) electrons. The zero-order valence-electron chi connectivity index (χ0n) is 15.5. The summed E-state index contributed by atoms with van der Waals surface area (Å²) in [5.74, 6) is 0.911. The molecular weight excluding hydrogens is 296 g/mol. The molecule has 3 nitrogen and oxygen atoms in total. The van der Waals surface area contributed by atoms with E-state index in [0.29, 0.717) is 0 Å². The molecule has 0 aromatic heterocycles. The van der Waals surface area contributed by atoms with Gasteiger partial charge in [-0.3, -0.25) is 0 Å². The Bertz CT molecular complexity index is 469. The van der Waals surface area contributed by atoms with E-state index in [1.54, 1.807) is 7.11 Å². The van der Waals surface area contributed by atoms with Crippen LogP contribution >= 0.6 is 0 Å². The summed E-state index contributed by atoms with van der Waals surface area (Å²) in [7, 11) is 1.71. The molecule has 1 aliphatic heterocycles. The maximum absolute atomic E-state index is 5.22. The Hall–Kier alpha value is -1.64. The van der Waals surface area contributed by atoms with Crippen molar-refractivity contribution in [3.63, 3.8) is 0 Å². The van der Waals surface area contributed by atoms with Gasteiger partial charge < -0.3 is 14.5 Å². The molecule has 1 aromatic rings. The zero-order chi connectivity index (χ0) is 17.0. The summed E-state index contributed by atoms with van der Waals surface area (Å²) in [4.78, 5) is 4.69. The molecule has 2 rings (SSSR count). The molecule has 24 heavy (non-hydrogen) atoms. The normalized spacial score (nSPS) is 13.8. The van der Waals surface area contributed by atoms with Crippen LogP contribution in [0.5, 0.6) is 5.75 Å². The molecule has 0 saturated heterocycles. The first-order valence-corrected chi connectivity index (χ1v) is 9.66. The van der Waals surface area contributed by atoms with Crippen molar-refractivity contribution in [2.24, 2.45) is 0 Å². The van der Waals surface area contributed by atoms with Crippen molar-refractivity contribution in [1.29, 1.82) is 0 Å². The number of rotatable bonds is 12. The predicted molar refractivity (Wildman–Crippen MR) is 103 cm³/mol. The van der Waals surface area contributed by atoms with E-state index in [-0.39, 0.29) is 0 Å². The van der Waals surface area contributed by atoms with Crippen molar-refractivity contribution in [2.45, 2.75) is 64.7 Å². The Balaban J connectivity index is 1.53. The highest BCUT2D eigenvalue weighted by Crippen LogP contribution is 2.22. The third-order valence-electron chi connectivity index (χ3n) is 4.74. The Morgan fingerprint density at radius 2 is 1.46 bits per heavy atom. The average molecular weight is 331 g/mol. The standard InChI is InChI=1S/C21H34N2O/c1-3-4-5-6-7-8-9-10-11-16-22-17-18-23(19-22)20-12-14-21(24-2)15-13-20/h12-15,17-18H,3-11,16,19H2,1-2H3. The molecule has 0 atom stereocenters. The molecule has 0 fully saturated rings. The molecule has 0 aliphatic carbocycles. The first-order valence-electron chi connectivity index (χ1n) is 9.66. The molecule has 0 N–H and O–H groups in total. The zero-order valence-corrected chi connectivity index (χ0v) is 15.5. The van der Waals surface area contributed by atoms with Gasteiger partial charge in [0, 0.05) is 24.6 Å². The summed E-state index contributed by atoms with van der Waals surface area (Å²) in [6.45, 7) is 4.41. The van der Waals surface area contributed by atoms with Crippen LogP contribution in [0.1, 0.15) is 64.7 Å². The van der Waals surface area contributed by atoms with Gasteiger partial charge in [0.25, 0.3) is 0 Å². The second-order valence-corrected chi connectivity index (χ2v) is 6.75. The van der Waals surface area contributed by atoms with E-state index in [1.165, 1.54) is 70.0 Å². The van der Waals surface area contributed by atoms with Gasteiger partial charge in [0.15, 0.2) is 0 Å². The van der Waals surface area contributed by atoms with Gasteiger partial charge >= 0.3 is 0 Å². The lowest BCUT2D eigenvalue weighted by Gasteiger charge is -2.21. The Morgan fingerprint density at radius 1 is 0.833 bits per heavy atom. The number of methoxy groups -OCH3 is 1. The fourth-order valence-corrected chi connectivity index (χ4v) is 3.18. The van der Waals surface area contributed by atoms with E-state index in [9.17, 15) is 0 Å². The fourth-order valence-electron chi connectivity index (χ4n) is 3.18. The number of hydrogen-bond donors (Lipinski definition) is 0. The first-order chi connectivity index (χ1) is 11.8. The molecule has 1 heterocycles. The van der Waals surface area contributed by atoms with Crippen LogP contribution in [0.15, 0.2) is 36.7 Å². The van der Waals surface area contributed by atoms with Gasteiger partial charge in [-0.25, -0.2) is 0 Å². The minimum Gasteiger partial charge on any atom is -0.497 e. The van der Waals surface area contributed by atoms with Crippen LogP contribution in [0.25, 0.3) is 0 Å². The van der Waals surface area contributed by atoms with Crippen molar-refractivity contribution in [3.8, 4) is 5.75 Å². The summed E-state index contributed by atoms with van der Waals surface area (Å²) >= 11 is 0. The highest BCUT2D eigenvalue weighted by molar-refractivity contribution is 5.52. The van der Waals surface area contributed by atoms with E-state index >= 15 is 0 Å². The molecular formula is C21H34N2O. The smallest absolute Gasteiger partial charge is 0.119 e. The van der Waals surface area contributed by atoms with Crippen LogP contribution in [0.3, 0.4) is 0 Å². The predicted octanol–water partition coefficient (Wildman–Crippen LogP) is 5.78. The molecule has 0 bridgehead atoms. The summed E-state index contributed by atoms with van der Waals surface area (Å²) in [5.41, 5.74) is 1.22. The molecule has 3 heteroatoms. The van der Waals surface area contributed by atoms with Crippen LogP contribution in [0.4, 0.5) is 5.69 Å². The molecule has 1 aliphatic rings. The van der Waals surface area contributed by atoms with Gasteiger partial charge in [-0.05, 0) is 30.7 Å². The lowest BCUT2D eigenvalue weighted by Crippen LogP contribution is -2.25. The van der Waals surface area contributed by atoms with Crippen molar-refractivity contribution in [3.05, 3.63) is 36.7 Å². The summed E-state index contributed by atoms with van der Waals surface area (Å²) in [5, 5.41) is 0. The van der Waals surface area contributed by atoms with E-state index in [2.05, 4.69) is 41.3 Å². The first kappa shape index (κ1) is 18.7. The summed E-state index contributed by atoms with van der Waals surface area (Å²) in [6.07, 6.45) is 16.9. The van der Waals surface area contributed by atoms with E-state index in [4.69, 9.17) is 4.74 Å². The van der Waals surface area contributed by atoms with Crippen LogP contribution in [0.2, 0.25) is 0 Å². The second kappa shape index (κ2) is 11.0. The lowest BCUT2D eigenvalue weighted by atomic mass is 10.1. The van der Waals surface area contributed by atoms with Crippen LogP contribution < -0.4 is 9.64 Å². The van der Waals surface area contributed by atoms with Crippen molar-refractivity contribution in [1.82, 2.24) is 4.90 Å².